The predicted octanol–water partition coefficient (Wildman–Crippen LogP) is 2.41. The van der Waals surface area contributed by atoms with Crippen molar-refractivity contribution in [3.63, 3.8) is 0 Å². The highest BCUT2D eigenvalue weighted by Crippen LogP contribution is 2.39. The average Bonchev–Trinajstić information content (AvgIpc) is 2.69. The summed E-state index contributed by atoms with van der Waals surface area (Å²) in [5, 5.41) is 9.18. The van der Waals surface area contributed by atoms with Crippen LogP contribution in [0, 0.1) is 11.3 Å². The van der Waals surface area contributed by atoms with Crippen molar-refractivity contribution in [2.45, 2.75) is 24.0 Å². The van der Waals surface area contributed by atoms with Crippen molar-refractivity contribution < 1.29 is 0 Å². The highest BCUT2D eigenvalue weighted by Gasteiger charge is 2.35. The van der Waals surface area contributed by atoms with Crippen molar-refractivity contribution >= 4 is 11.8 Å². The van der Waals surface area contributed by atoms with Crippen LogP contribution < -0.4 is 0 Å². The van der Waals surface area contributed by atoms with Crippen molar-refractivity contribution in [2.75, 3.05) is 5.75 Å². The summed E-state index contributed by atoms with van der Waals surface area (Å²) in [6.07, 6.45) is 4.74. The van der Waals surface area contributed by atoms with E-state index in [1.807, 2.05) is 18.2 Å². The highest BCUT2D eigenvalue weighted by molar-refractivity contribution is 8.01. The lowest BCUT2D eigenvalue weighted by molar-refractivity contribution is 0.662. The van der Waals surface area contributed by atoms with E-state index in [0.29, 0.717) is 0 Å². The molecule has 1 unspecified atom stereocenters. The molecule has 14 heavy (non-hydrogen) atoms. The van der Waals surface area contributed by atoms with Gasteiger partial charge in [0, 0.05) is 18.3 Å². The second-order valence-electron chi connectivity index (χ2n) is 3.56. The van der Waals surface area contributed by atoms with Crippen LogP contribution in [0.4, 0.5) is 0 Å². The van der Waals surface area contributed by atoms with Crippen LogP contribution in [0.15, 0.2) is 24.4 Å². The maximum Gasteiger partial charge on any atom is 0.108 e. The average molecular weight is 204 g/mol. The standard InChI is InChI=1S/C11H12N2S/c12-9-11(5-3-7-14-11)8-10-4-1-2-6-13-10/h1-2,4,6H,3,5,7-8H2. The van der Waals surface area contributed by atoms with E-state index in [-0.39, 0.29) is 4.75 Å². The van der Waals surface area contributed by atoms with E-state index >= 15 is 0 Å². The Bertz CT molecular complexity index is 336. The fourth-order valence-corrected chi connectivity index (χ4v) is 3.04. The largest absolute Gasteiger partial charge is 0.261 e. The van der Waals surface area contributed by atoms with E-state index < -0.39 is 0 Å². The number of hydrogen-bond donors (Lipinski definition) is 0. The maximum absolute atomic E-state index is 9.18. The van der Waals surface area contributed by atoms with Gasteiger partial charge in [-0.3, -0.25) is 4.98 Å². The van der Waals surface area contributed by atoms with Gasteiger partial charge in [-0.2, -0.15) is 5.26 Å². The molecule has 2 rings (SSSR count). The Balaban J connectivity index is 2.13. The van der Waals surface area contributed by atoms with Gasteiger partial charge in [-0.25, -0.2) is 0 Å². The summed E-state index contributed by atoms with van der Waals surface area (Å²) in [4.78, 5) is 4.27. The molecule has 2 heterocycles. The molecule has 1 aromatic rings. The van der Waals surface area contributed by atoms with Crippen molar-refractivity contribution in [1.82, 2.24) is 4.98 Å². The Kier molecular flexibility index (Phi) is 2.74. The fraction of sp³-hybridized carbons (Fsp3) is 0.455. The first-order valence-electron chi connectivity index (χ1n) is 4.80. The highest BCUT2D eigenvalue weighted by atomic mass is 32.2. The molecule has 1 aromatic heterocycles. The van der Waals surface area contributed by atoms with Gasteiger partial charge in [-0.05, 0) is 30.7 Å². The van der Waals surface area contributed by atoms with E-state index in [1.54, 1.807) is 18.0 Å². The van der Waals surface area contributed by atoms with Gasteiger partial charge in [0.2, 0.25) is 0 Å². The molecule has 72 valence electrons. The zero-order valence-electron chi connectivity index (χ0n) is 7.94. The molecule has 1 aliphatic rings. The van der Waals surface area contributed by atoms with Crippen LogP contribution in [-0.4, -0.2) is 15.5 Å². The monoisotopic (exact) mass is 204 g/mol. The lowest BCUT2D eigenvalue weighted by Gasteiger charge is -2.18. The first-order valence-corrected chi connectivity index (χ1v) is 5.78. The van der Waals surface area contributed by atoms with Gasteiger partial charge in [-0.1, -0.05) is 6.07 Å². The second-order valence-corrected chi connectivity index (χ2v) is 5.03. The molecule has 0 aromatic carbocycles. The molecule has 0 amide bonds. The summed E-state index contributed by atoms with van der Waals surface area (Å²) in [5.41, 5.74) is 1.03. The molecule has 1 saturated heterocycles. The minimum absolute atomic E-state index is 0.200. The Morgan fingerprint density at radius 2 is 2.50 bits per heavy atom. The Hall–Kier alpha value is -1.01. The zero-order chi connectivity index (χ0) is 9.86. The third-order valence-electron chi connectivity index (χ3n) is 2.50. The number of hydrogen-bond acceptors (Lipinski definition) is 3. The second kappa shape index (κ2) is 4.02. The number of nitrogens with zero attached hydrogens (tertiary/aromatic N) is 2. The van der Waals surface area contributed by atoms with Gasteiger partial charge >= 0.3 is 0 Å². The lowest BCUT2D eigenvalue weighted by Crippen LogP contribution is -2.22. The summed E-state index contributed by atoms with van der Waals surface area (Å²) >= 11 is 1.78. The lowest BCUT2D eigenvalue weighted by atomic mass is 9.99. The van der Waals surface area contributed by atoms with E-state index in [0.717, 1.165) is 30.7 Å². The van der Waals surface area contributed by atoms with Crippen molar-refractivity contribution in [2.24, 2.45) is 0 Å². The van der Waals surface area contributed by atoms with E-state index in [9.17, 15) is 5.26 Å². The van der Waals surface area contributed by atoms with Crippen LogP contribution >= 0.6 is 11.8 Å². The molecule has 0 bridgehead atoms. The molecule has 3 heteroatoms. The molecule has 0 N–H and O–H groups in total. The molecule has 0 saturated carbocycles. The number of nitriles is 1. The van der Waals surface area contributed by atoms with Crippen molar-refractivity contribution in [3.8, 4) is 6.07 Å². The fourth-order valence-electron chi connectivity index (χ4n) is 1.76. The third-order valence-corrected chi connectivity index (χ3v) is 3.99. The Labute approximate surface area is 88.4 Å². The van der Waals surface area contributed by atoms with Gasteiger partial charge in [0.25, 0.3) is 0 Å². The van der Waals surface area contributed by atoms with Gasteiger partial charge in [0.15, 0.2) is 0 Å². The van der Waals surface area contributed by atoms with E-state index in [2.05, 4.69) is 11.1 Å². The van der Waals surface area contributed by atoms with Crippen molar-refractivity contribution in [3.05, 3.63) is 30.1 Å². The summed E-state index contributed by atoms with van der Waals surface area (Å²) in [6, 6.07) is 8.33. The molecule has 0 spiro atoms. The minimum Gasteiger partial charge on any atom is -0.261 e. The van der Waals surface area contributed by atoms with Crippen LogP contribution in [0.2, 0.25) is 0 Å². The van der Waals surface area contributed by atoms with Crippen LogP contribution in [0.1, 0.15) is 18.5 Å². The molecular weight excluding hydrogens is 192 g/mol. The van der Waals surface area contributed by atoms with Crippen LogP contribution in [0.5, 0.6) is 0 Å². The predicted molar refractivity (Wildman–Crippen MR) is 58.0 cm³/mol. The van der Waals surface area contributed by atoms with E-state index in [4.69, 9.17) is 0 Å². The normalized spacial score (nSPS) is 25.9. The van der Waals surface area contributed by atoms with Gasteiger partial charge in [0.1, 0.15) is 4.75 Å². The van der Waals surface area contributed by atoms with Gasteiger partial charge in [-0.15, -0.1) is 11.8 Å². The van der Waals surface area contributed by atoms with Crippen LogP contribution in [0.3, 0.4) is 0 Å². The van der Waals surface area contributed by atoms with Crippen LogP contribution in [0.25, 0.3) is 0 Å². The smallest absolute Gasteiger partial charge is 0.108 e. The van der Waals surface area contributed by atoms with Crippen LogP contribution in [-0.2, 0) is 6.42 Å². The van der Waals surface area contributed by atoms with Crippen molar-refractivity contribution in [1.29, 1.82) is 5.26 Å². The summed E-state index contributed by atoms with van der Waals surface area (Å²) in [6.45, 7) is 0. The zero-order valence-corrected chi connectivity index (χ0v) is 8.76. The number of rotatable bonds is 2. The molecule has 1 aliphatic heterocycles. The first kappa shape index (κ1) is 9.54. The Morgan fingerprint density at radius 3 is 3.07 bits per heavy atom. The number of aromatic nitrogens is 1. The summed E-state index contributed by atoms with van der Waals surface area (Å²) in [7, 11) is 0. The summed E-state index contributed by atoms with van der Waals surface area (Å²) < 4.78 is -0.200. The third kappa shape index (κ3) is 1.91. The molecule has 1 fully saturated rings. The van der Waals surface area contributed by atoms with Gasteiger partial charge < -0.3 is 0 Å². The van der Waals surface area contributed by atoms with Gasteiger partial charge in [0.05, 0.1) is 6.07 Å². The SMILES string of the molecule is N#CC1(Cc2ccccn2)CCCS1. The minimum atomic E-state index is -0.200. The topological polar surface area (TPSA) is 36.7 Å². The summed E-state index contributed by atoms with van der Waals surface area (Å²) in [5.74, 6) is 1.11. The quantitative estimate of drug-likeness (QED) is 0.742. The molecule has 2 nitrogen and oxygen atoms in total. The molecule has 0 radical (unpaired) electrons. The number of pyridine rings is 1. The number of thioether (sulfide) groups is 1. The Morgan fingerprint density at radius 1 is 1.57 bits per heavy atom. The van der Waals surface area contributed by atoms with E-state index in [1.165, 1.54) is 0 Å². The first-order chi connectivity index (χ1) is 6.85. The maximum atomic E-state index is 9.18. The molecular formula is C11H12N2S. The molecule has 1 atom stereocenters. The molecule has 0 aliphatic carbocycles.